The Labute approximate surface area is 71.3 Å². The second-order valence-electron chi connectivity index (χ2n) is 2.48. The lowest BCUT2D eigenvalue weighted by molar-refractivity contribution is 0.445. The van der Waals surface area contributed by atoms with E-state index in [0.717, 1.165) is 0 Å². The standard InChI is InChI=1S/C5H10N2O2S2/c6-5(10)7-1-3-11(8,9)4-2-7/h1-4H2,(H2,6,10). The molecule has 2 N–H and O–H groups in total. The molecule has 0 amide bonds. The van der Waals surface area contributed by atoms with Gasteiger partial charge in [-0.15, -0.1) is 0 Å². The van der Waals surface area contributed by atoms with Crippen LogP contribution in [0.2, 0.25) is 0 Å². The third-order valence-corrected chi connectivity index (χ3v) is 3.52. The second-order valence-corrected chi connectivity index (χ2v) is 5.20. The molecule has 0 aliphatic carbocycles. The van der Waals surface area contributed by atoms with Crippen molar-refractivity contribution in [1.82, 2.24) is 4.90 Å². The first-order valence-electron chi connectivity index (χ1n) is 3.26. The minimum absolute atomic E-state index is 0.171. The molecule has 0 saturated carbocycles. The van der Waals surface area contributed by atoms with Crippen LogP contribution >= 0.6 is 12.2 Å². The molecule has 0 radical (unpaired) electrons. The first-order chi connectivity index (χ1) is 5.01. The molecule has 1 fully saturated rings. The lowest BCUT2D eigenvalue weighted by atomic mass is 10.5. The van der Waals surface area contributed by atoms with E-state index in [9.17, 15) is 8.42 Å². The van der Waals surface area contributed by atoms with E-state index in [0.29, 0.717) is 18.2 Å². The van der Waals surface area contributed by atoms with Gasteiger partial charge >= 0.3 is 0 Å². The lowest BCUT2D eigenvalue weighted by Crippen LogP contribution is -2.45. The summed E-state index contributed by atoms with van der Waals surface area (Å²) in [7, 11) is -2.81. The molecule has 0 aromatic carbocycles. The van der Waals surface area contributed by atoms with Crippen LogP contribution in [0.3, 0.4) is 0 Å². The number of hydrogen-bond acceptors (Lipinski definition) is 3. The third-order valence-electron chi connectivity index (χ3n) is 1.66. The topological polar surface area (TPSA) is 63.4 Å². The number of thiocarbonyl (C=S) groups is 1. The fourth-order valence-corrected chi connectivity index (χ4v) is 2.32. The summed E-state index contributed by atoms with van der Waals surface area (Å²) >= 11 is 4.70. The summed E-state index contributed by atoms with van der Waals surface area (Å²) in [6, 6.07) is 0. The van der Waals surface area contributed by atoms with Crippen molar-refractivity contribution in [2.24, 2.45) is 5.73 Å². The lowest BCUT2D eigenvalue weighted by Gasteiger charge is -2.26. The number of sulfone groups is 1. The van der Waals surface area contributed by atoms with Crippen molar-refractivity contribution in [1.29, 1.82) is 0 Å². The smallest absolute Gasteiger partial charge is 0.166 e. The van der Waals surface area contributed by atoms with E-state index in [4.69, 9.17) is 18.0 Å². The van der Waals surface area contributed by atoms with Crippen molar-refractivity contribution in [2.75, 3.05) is 24.6 Å². The molecule has 1 aliphatic rings. The number of nitrogens with zero attached hydrogens (tertiary/aromatic N) is 1. The maximum absolute atomic E-state index is 10.9. The zero-order chi connectivity index (χ0) is 8.48. The molecular weight excluding hydrogens is 184 g/mol. The van der Waals surface area contributed by atoms with Crippen molar-refractivity contribution >= 4 is 27.2 Å². The van der Waals surface area contributed by atoms with E-state index in [1.807, 2.05) is 0 Å². The maximum atomic E-state index is 10.9. The highest BCUT2D eigenvalue weighted by molar-refractivity contribution is 7.91. The van der Waals surface area contributed by atoms with Crippen molar-refractivity contribution in [3.8, 4) is 0 Å². The SMILES string of the molecule is NC(=S)N1CCS(=O)(=O)CC1. The molecule has 0 unspecified atom stereocenters. The maximum Gasteiger partial charge on any atom is 0.166 e. The van der Waals surface area contributed by atoms with Crippen LogP contribution in [0.4, 0.5) is 0 Å². The van der Waals surface area contributed by atoms with Gasteiger partial charge < -0.3 is 10.6 Å². The molecule has 0 aromatic rings. The van der Waals surface area contributed by atoms with E-state index in [-0.39, 0.29) is 11.5 Å². The molecular formula is C5H10N2O2S2. The van der Waals surface area contributed by atoms with Gasteiger partial charge in [0.15, 0.2) is 14.9 Å². The van der Waals surface area contributed by atoms with Gasteiger partial charge in [0.25, 0.3) is 0 Å². The van der Waals surface area contributed by atoms with E-state index in [2.05, 4.69) is 0 Å². The van der Waals surface area contributed by atoms with Crippen LogP contribution in [0.1, 0.15) is 0 Å². The second kappa shape index (κ2) is 2.94. The summed E-state index contributed by atoms with van der Waals surface area (Å²) in [5, 5.41) is 0.292. The molecule has 1 aliphatic heterocycles. The molecule has 0 bridgehead atoms. The third kappa shape index (κ3) is 2.30. The quantitative estimate of drug-likeness (QED) is 0.499. The zero-order valence-electron chi connectivity index (χ0n) is 5.99. The summed E-state index contributed by atoms with van der Waals surface area (Å²) in [5.74, 6) is 0.342. The van der Waals surface area contributed by atoms with Gasteiger partial charge in [0, 0.05) is 13.1 Å². The molecule has 1 saturated heterocycles. The first-order valence-corrected chi connectivity index (χ1v) is 5.49. The summed E-state index contributed by atoms with van der Waals surface area (Å²) in [6.45, 7) is 0.884. The Balaban J connectivity index is 2.56. The van der Waals surface area contributed by atoms with Crippen LogP contribution in [-0.2, 0) is 9.84 Å². The summed E-state index contributed by atoms with van der Waals surface area (Å²) < 4.78 is 21.8. The van der Waals surface area contributed by atoms with Gasteiger partial charge in [-0.2, -0.15) is 0 Å². The predicted molar refractivity (Wildman–Crippen MR) is 47.0 cm³/mol. The summed E-state index contributed by atoms with van der Waals surface area (Å²) in [4.78, 5) is 1.70. The molecule has 4 nitrogen and oxygen atoms in total. The Hall–Kier alpha value is -0.360. The number of hydrogen-bond donors (Lipinski definition) is 1. The Morgan fingerprint density at radius 1 is 1.36 bits per heavy atom. The Morgan fingerprint density at radius 3 is 2.18 bits per heavy atom. The van der Waals surface area contributed by atoms with Crippen LogP contribution < -0.4 is 5.73 Å². The molecule has 0 spiro atoms. The average molecular weight is 194 g/mol. The van der Waals surface area contributed by atoms with E-state index in [1.54, 1.807) is 4.90 Å². The molecule has 11 heavy (non-hydrogen) atoms. The summed E-state index contributed by atoms with van der Waals surface area (Å²) in [6.07, 6.45) is 0. The summed E-state index contributed by atoms with van der Waals surface area (Å²) in [5.41, 5.74) is 5.32. The van der Waals surface area contributed by atoms with Gasteiger partial charge in [-0.25, -0.2) is 8.42 Å². The minimum Gasteiger partial charge on any atom is -0.376 e. The fourth-order valence-electron chi connectivity index (χ4n) is 0.933. The molecule has 0 atom stereocenters. The van der Waals surface area contributed by atoms with Crippen LogP contribution in [0, 0.1) is 0 Å². The van der Waals surface area contributed by atoms with Crippen LogP contribution in [0.25, 0.3) is 0 Å². The fraction of sp³-hybridized carbons (Fsp3) is 0.800. The highest BCUT2D eigenvalue weighted by Crippen LogP contribution is 2.02. The average Bonchev–Trinajstić information content (AvgIpc) is 1.86. The molecule has 6 heteroatoms. The van der Waals surface area contributed by atoms with E-state index in [1.165, 1.54) is 0 Å². The van der Waals surface area contributed by atoms with Crippen LogP contribution in [0.5, 0.6) is 0 Å². The molecule has 0 aromatic heterocycles. The number of rotatable bonds is 0. The molecule has 1 heterocycles. The van der Waals surface area contributed by atoms with Crippen LogP contribution in [-0.4, -0.2) is 43.0 Å². The largest absolute Gasteiger partial charge is 0.376 e. The van der Waals surface area contributed by atoms with E-state index >= 15 is 0 Å². The van der Waals surface area contributed by atoms with Crippen molar-refractivity contribution in [3.05, 3.63) is 0 Å². The van der Waals surface area contributed by atoms with Crippen molar-refractivity contribution < 1.29 is 8.42 Å². The zero-order valence-corrected chi connectivity index (χ0v) is 7.62. The van der Waals surface area contributed by atoms with Crippen LogP contribution in [0.15, 0.2) is 0 Å². The Morgan fingerprint density at radius 2 is 1.82 bits per heavy atom. The van der Waals surface area contributed by atoms with Crippen molar-refractivity contribution in [3.63, 3.8) is 0 Å². The predicted octanol–water partition coefficient (Wildman–Crippen LogP) is -1.04. The Bertz CT molecular complexity index is 246. The van der Waals surface area contributed by atoms with Gasteiger partial charge in [0.05, 0.1) is 11.5 Å². The highest BCUT2D eigenvalue weighted by Gasteiger charge is 2.21. The van der Waals surface area contributed by atoms with Gasteiger partial charge in [0.2, 0.25) is 0 Å². The van der Waals surface area contributed by atoms with Gasteiger partial charge in [0.1, 0.15) is 0 Å². The van der Waals surface area contributed by atoms with E-state index < -0.39 is 9.84 Å². The van der Waals surface area contributed by atoms with Crippen molar-refractivity contribution in [2.45, 2.75) is 0 Å². The highest BCUT2D eigenvalue weighted by atomic mass is 32.2. The van der Waals surface area contributed by atoms with Gasteiger partial charge in [-0.3, -0.25) is 0 Å². The molecule has 1 rings (SSSR count). The monoisotopic (exact) mass is 194 g/mol. The Kier molecular flexibility index (Phi) is 2.34. The van der Waals surface area contributed by atoms with Gasteiger partial charge in [-0.1, -0.05) is 0 Å². The molecule has 64 valence electrons. The first kappa shape index (κ1) is 8.73. The van der Waals surface area contributed by atoms with Gasteiger partial charge in [-0.05, 0) is 12.2 Å². The minimum atomic E-state index is -2.81. The normalized spacial score (nSPS) is 23.1. The number of nitrogens with two attached hydrogens (primary N) is 1.